The molecule has 4 heteroatoms. The summed E-state index contributed by atoms with van der Waals surface area (Å²) in [6.07, 6.45) is 0. The highest BCUT2D eigenvalue weighted by molar-refractivity contribution is 7.11. The van der Waals surface area contributed by atoms with Crippen LogP contribution >= 0.6 is 11.3 Å². The average molecular weight is 184 g/mol. The zero-order valence-corrected chi connectivity index (χ0v) is 7.99. The molecule has 0 aliphatic carbocycles. The van der Waals surface area contributed by atoms with Crippen molar-refractivity contribution in [3.8, 4) is 0 Å². The highest BCUT2D eigenvalue weighted by atomic mass is 32.1. The van der Waals surface area contributed by atoms with E-state index < -0.39 is 0 Å². The maximum atomic E-state index is 10.8. The maximum Gasteiger partial charge on any atom is 0.314 e. The maximum absolute atomic E-state index is 10.8. The summed E-state index contributed by atoms with van der Waals surface area (Å²) in [5.41, 5.74) is 0. The third kappa shape index (κ3) is 2.54. The number of hydrogen-bond donors (Lipinski definition) is 2. The Morgan fingerprint density at radius 2 is 2.33 bits per heavy atom. The lowest BCUT2D eigenvalue weighted by Gasteiger charge is -2.00. The number of amides is 2. The molecule has 0 aliphatic heterocycles. The van der Waals surface area contributed by atoms with Gasteiger partial charge in [-0.05, 0) is 19.1 Å². The Kier molecular flexibility index (Phi) is 3.10. The molecule has 1 aromatic rings. The number of carbonyl (C=O) groups is 1. The van der Waals surface area contributed by atoms with Gasteiger partial charge >= 0.3 is 6.03 Å². The van der Waals surface area contributed by atoms with Crippen molar-refractivity contribution in [2.24, 2.45) is 0 Å². The molecule has 0 saturated carbocycles. The van der Waals surface area contributed by atoms with Crippen LogP contribution in [0.15, 0.2) is 12.1 Å². The molecule has 1 aromatic heterocycles. The molecule has 0 aromatic carbocycles. The molecule has 0 atom stereocenters. The molecule has 0 fully saturated rings. The van der Waals surface area contributed by atoms with Crippen LogP contribution in [0.1, 0.15) is 9.75 Å². The van der Waals surface area contributed by atoms with Gasteiger partial charge in [0.1, 0.15) is 0 Å². The molecule has 0 bridgehead atoms. The lowest BCUT2D eigenvalue weighted by atomic mass is 10.4. The van der Waals surface area contributed by atoms with E-state index >= 15 is 0 Å². The minimum absolute atomic E-state index is 0.138. The van der Waals surface area contributed by atoms with E-state index in [2.05, 4.69) is 10.6 Å². The van der Waals surface area contributed by atoms with Gasteiger partial charge in [-0.15, -0.1) is 11.3 Å². The summed E-state index contributed by atoms with van der Waals surface area (Å²) in [5.74, 6) is 0. The Balaban J connectivity index is 2.38. The van der Waals surface area contributed by atoms with Crippen molar-refractivity contribution >= 4 is 17.4 Å². The van der Waals surface area contributed by atoms with Crippen LogP contribution in [0.25, 0.3) is 0 Å². The van der Waals surface area contributed by atoms with Gasteiger partial charge in [0.05, 0.1) is 6.54 Å². The third-order valence-electron chi connectivity index (χ3n) is 1.45. The van der Waals surface area contributed by atoms with E-state index in [-0.39, 0.29) is 6.03 Å². The van der Waals surface area contributed by atoms with Crippen LogP contribution in [0.4, 0.5) is 4.79 Å². The quantitative estimate of drug-likeness (QED) is 0.718. The summed E-state index contributed by atoms with van der Waals surface area (Å²) in [6.45, 7) is 2.66. The first-order valence-corrected chi connectivity index (χ1v) is 4.55. The number of hydrogen-bond acceptors (Lipinski definition) is 2. The molecule has 1 heterocycles. The Hall–Kier alpha value is -1.03. The Labute approximate surface area is 75.8 Å². The number of aryl methyl sites for hydroxylation is 1. The fourth-order valence-corrected chi connectivity index (χ4v) is 1.67. The van der Waals surface area contributed by atoms with E-state index in [4.69, 9.17) is 0 Å². The fourth-order valence-electron chi connectivity index (χ4n) is 0.836. The number of thiophene rings is 1. The fraction of sp³-hybridized carbons (Fsp3) is 0.375. The smallest absolute Gasteiger partial charge is 0.314 e. The highest BCUT2D eigenvalue weighted by Crippen LogP contribution is 2.14. The van der Waals surface area contributed by atoms with E-state index in [1.807, 2.05) is 19.1 Å². The third-order valence-corrected chi connectivity index (χ3v) is 2.45. The van der Waals surface area contributed by atoms with E-state index in [9.17, 15) is 4.79 Å². The Morgan fingerprint density at radius 3 is 2.83 bits per heavy atom. The molecular weight excluding hydrogens is 172 g/mol. The van der Waals surface area contributed by atoms with Crippen LogP contribution in [-0.2, 0) is 6.54 Å². The van der Waals surface area contributed by atoms with Crippen molar-refractivity contribution in [2.75, 3.05) is 7.05 Å². The van der Waals surface area contributed by atoms with Gasteiger partial charge in [-0.25, -0.2) is 4.79 Å². The highest BCUT2D eigenvalue weighted by Gasteiger charge is 1.98. The van der Waals surface area contributed by atoms with Crippen molar-refractivity contribution in [2.45, 2.75) is 13.5 Å². The van der Waals surface area contributed by atoms with Crippen LogP contribution in [-0.4, -0.2) is 13.1 Å². The lowest BCUT2D eigenvalue weighted by molar-refractivity contribution is 0.242. The van der Waals surface area contributed by atoms with Crippen LogP contribution in [0.5, 0.6) is 0 Å². The zero-order chi connectivity index (χ0) is 8.97. The van der Waals surface area contributed by atoms with Gasteiger partial charge in [-0.2, -0.15) is 0 Å². The topological polar surface area (TPSA) is 41.1 Å². The molecule has 0 radical (unpaired) electrons. The Bertz CT molecular complexity index is 270. The van der Waals surface area contributed by atoms with Gasteiger partial charge in [0.15, 0.2) is 0 Å². The standard InChI is InChI=1S/C8H12N2OS/c1-6-3-4-7(12-6)5-10-8(11)9-2/h3-4H,5H2,1-2H3,(H2,9,10,11). The second kappa shape index (κ2) is 4.11. The van der Waals surface area contributed by atoms with Gasteiger partial charge in [0.25, 0.3) is 0 Å². The van der Waals surface area contributed by atoms with Gasteiger partial charge < -0.3 is 10.6 Å². The minimum Gasteiger partial charge on any atom is -0.341 e. The summed E-state index contributed by atoms with van der Waals surface area (Å²) in [4.78, 5) is 13.2. The van der Waals surface area contributed by atoms with E-state index in [1.54, 1.807) is 18.4 Å². The van der Waals surface area contributed by atoms with E-state index in [0.717, 1.165) is 0 Å². The molecule has 2 amide bonds. The first kappa shape index (κ1) is 9.06. The van der Waals surface area contributed by atoms with Gasteiger partial charge in [-0.1, -0.05) is 0 Å². The van der Waals surface area contributed by atoms with Crippen molar-refractivity contribution in [3.63, 3.8) is 0 Å². The second-order valence-corrected chi connectivity index (χ2v) is 3.82. The lowest BCUT2D eigenvalue weighted by Crippen LogP contribution is -2.31. The predicted molar refractivity (Wildman–Crippen MR) is 50.4 cm³/mol. The zero-order valence-electron chi connectivity index (χ0n) is 7.18. The van der Waals surface area contributed by atoms with Crippen LogP contribution < -0.4 is 10.6 Å². The molecule has 2 N–H and O–H groups in total. The molecule has 3 nitrogen and oxygen atoms in total. The summed E-state index contributed by atoms with van der Waals surface area (Å²) in [7, 11) is 1.61. The SMILES string of the molecule is CNC(=O)NCc1ccc(C)s1. The number of nitrogens with one attached hydrogen (secondary N) is 2. The normalized spacial score (nSPS) is 9.50. The average Bonchev–Trinajstić information content (AvgIpc) is 2.47. The van der Waals surface area contributed by atoms with Crippen molar-refractivity contribution in [3.05, 3.63) is 21.9 Å². The molecule has 0 unspecified atom stereocenters. The van der Waals surface area contributed by atoms with E-state index in [0.29, 0.717) is 6.54 Å². The summed E-state index contributed by atoms with van der Waals surface area (Å²) in [5, 5.41) is 5.22. The molecule has 1 rings (SSSR count). The van der Waals surface area contributed by atoms with E-state index in [1.165, 1.54) is 9.75 Å². The second-order valence-electron chi connectivity index (χ2n) is 2.45. The number of carbonyl (C=O) groups excluding carboxylic acids is 1. The predicted octanol–water partition coefficient (Wildman–Crippen LogP) is 1.49. The number of rotatable bonds is 2. The van der Waals surface area contributed by atoms with Crippen LogP contribution in [0.3, 0.4) is 0 Å². The molecule has 66 valence electrons. The van der Waals surface area contributed by atoms with Gasteiger partial charge in [0, 0.05) is 16.8 Å². The summed E-state index contributed by atoms with van der Waals surface area (Å²) >= 11 is 1.70. The Morgan fingerprint density at radius 1 is 1.58 bits per heavy atom. The monoisotopic (exact) mass is 184 g/mol. The van der Waals surface area contributed by atoms with Crippen molar-refractivity contribution in [1.29, 1.82) is 0 Å². The van der Waals surface area contributed by atoms with Gasteiger partial charge in [0.2, 0.25) is 0 Å². The minimum atomic E-state index is -0.138. The molecule has 0 spiro atoms. The van der Waals surface area contributed by atoms with Crippen LogP contribution in [0, 0.1) is 6.92 Å². The molecule has 12 heavy (non-hydrogen) atoms. The summed E-state index contributed by atoms with van der Waals surface area (Å²) < 4.78 is 0. The molecular formula is C8H12N2OS. The molecule has 0 aliphatic rings. The van der Waals surface area contributed by atoms with Gasteiger partial charge in [-0.3, -0.25) is 0 Å². The largest absolute Gasteiger partial charge is 0.341 e. The first-order valence-electron chi connectivity index (χ1n) is 3.73. The van der Waals surface area contributed by atoms with Crippen molar-refractivity contribution < 1.29 is 4.79 Å². The van der Waals surface area contributed by atoms with Crippen molar-refractivity contribution in [1.82, 2.24) is 10.6 Å². The molecule has 0 saturated heterocycles. The summed E-state index contributed by atoms with van der Waals surface area (Å²) in [6, 6.07) is 3.93. The van der Waals surface area contributed by atoms with Crippen LogP contribution in [0.2, 0.25) is 0 Å². The number of urea groups is 1. The first-order chi connectivity index (χ1) is 5.72.